The normalized spacial score (nSPS) is 19.7. The first-order valence-corrected chi connectivity index (χ1v) is 14.3. The second kappa shape index (κ2) is 18.0. The number of aliphatic hydroxyl groups excluding tert-OH is 1. The Balaban J connectivity index is 2.08. The van der Waals surface area contributed by atoms with Crippen molar-refractivity contribution in [1.82, 2.24) is 0 Å². The number of aliphatic hydroxyl groups is 1. The van der Waals surface area contributed by atoms with Crippen LogP contribution in [0.4, 0.5) is 0 Å². The predicted molar refractivity (Wildman–Crippen MR) is 149 cm³/mol. The highest BCUT2D eigenvalue weighted by atomic mass is 16.5. The van der Waals surface area contributed by atoms with Gasteiger partial charge in [0.05, 0.1) is 0 Å². The molecule has 5 heteroatoms. The van der Waals surface area contributed by atoms with E-state index >= 15 is 0 Å². The van der Waals surface area contributed by atoms with Crippen LogP contribution in [0, 0.1) is 11.8 Å². The summed E-state index contributed by atoms with van der Waals surface area (Å²) in [6.07, 6.45) is 19.9. The average Bonchev–Trinajstić information content (AvgIpc) is 2.87. The fourth-order valence-corrected chi connectivity index (χ4v) is 5.46. The number of hydrogen-bond donors (Lipinski definition) is 1. The van der Waals surface area contributed by atoms with Crippen molar-refractivity contribution in [2.75, 3.05) is 6.61 Å². The van der Waals surface area contributed by atoms with Crippen LogP contribution >= 0.6 is 0 Å². The minimum atomic E-state index is -0.316. The second-order valence-electron chi connectivity index (χ2n) is 10.3. The molecule has 0 heterocycles. The van der Waals surface area contributed by atoms with Crippen LogP contribution in [0.5, 0.6) is 0 Å². The molecule has 0 aromatic heterocycles. The van der Waals surface area contributed by atoms with E-state index in [9.17, 15) is 9.59 Å². The fourth-order valence-electron chi connectivity index (χ4n) is 5.46. The number of ether oxygens (including phenoxy) is 2. The zero-order valence-electron chi connectivity index (χ0n) is 23.2. The third kappa shape index (κ3) is 12.1. The summed E-state index contributed by atoms with van der Waals surface area (Å²) in [5.74, 6) is 0.117. The van der Waals surface area contributed by atoms with Crippen LogP contribution in [-0.4, -0.2) is 35.9 Å². The molecule has 0 radical (unpaired) electrons. The maximum absolute atomic E-state index is 11.8. The summed E-state index contributed by atoms with van der Waals surface area (Å²) in [6.45, 7) is 5.32. The van der Waals surface area contributed by atoms with Crippen molar-refractivity contribution < 1.29 is 24.2 Å². The number of unbranched alkanes of at least 4 members (excludes halogenated alkanes) is 3. The first-order valence-electron chi connectivity index (χ1n) is 14.3. The van der Waals surface area contributed by atoms with Gasteiger partial charge in [-0.3, -0.25) is 9.59 Å². The molecule has 37 heavy (non-hydrogen) atoms. The van der Waals surface area contributed by atoms with Crippen molar-refractivity contribution in [3.05, 3.63) is 59.7 Å². The van der Waals surface area contributed by atoms with Gasteiger partial charge in [0.25, 0.3) is 0 Å². The Morgan fingerprint density at radius 1 is 0.973 bits per heavy atom. The highest BCUT2D eigenvalue weighted by molar-refractivity contribution is 5.66. The third-order valence-corrected chi connectivity index (χ3v) is 7.27. The van der Waals surface area contributed by atoms with Crippen molar-refractivity contribution in [1.29, 1.82) is 0 Å². The van der Waals surface area contributed by atoms with Gasteiger partial charge in [0.1, 0.15) is 12.2 Å². The predicted octanol–water partition coefficient (Wildman–Crippen LogP) is 6.91. The molecule has 1 fully saturated rings. The molecule has 0 bridgehead atoms. The lowest BCUT2D eigenvalue weighted by Crippen LogP contribution is -2.33. The molecular weight excluding hydrogens is 464 g/mol. The Kier molecular flexibility index (Phi) is 15.0. The maximum atomic E-state index is 11.8. The van der Waals surface area contributed by atoms with Crippen LogP contribution in [0.15, 0.2) is 48.6 Å². The molecule has 2 rings (SSSR count). The van der Waals surface area contributed by atoms with E-state index in [4.69, 9.17) is 14.6 Å². The number of carbonyl (C=O) groups excluding carboxylic acids is 2. The molecule has 1 saturated carbocycles. The SMILES string of the molecule is CCCCCc1ccccc1CC(/C=C/C=C/C1CCCCC1C(CCCCO)OC(C)=O)OC(C)=O. The van der Waals surface area contributed by atoms with E-state index in [0.29, 0.717) is 18.3 Å². The molecule has 206 valence electrons. The van der Waals surface area contributed by atoms with Gasteiger partial charge in [-0.15, -0.1) is 0 Å². The molecule has 1 N–H and O–H groups in total. The van der Waals surface area contributed by atoms with Crippen molar-refractivity contribution in [2.45, 2.75) is 110 Å². The molecule has 5 nitrogen and oxygen atoms in total. The van der Waals surface area contributed by atoms with E-state index in [1.54, 1.807) is 0 Å². The van der Waals surface area contributed by atoms with Crippen molar-refractivity contribution in [2.24, 2.45) is 11.8 Å². The topological polar surface area (TPSA) is 72.8 Å². The Hall–Kier alpha value is -2.40. The fraction of sp³-hybridized carbons (Fsp3) is 0.625. The van der Waals surface area contributed by atoms with Gasteiger partial charge in [-0.1, -0.05) is 75.1 Å². The largest absolute Gasteiger partial charge is 0.462 e. The van der Waals surface area contributed by atoms with Crippen molar-refractivity contribution in [3.63, 3.8) is 0 Å². The minimum Gasteiger partial charge on any atom is -0.462 e. The van der Waals surface area contributed by atoms with Crippen LogP contribution in [-0.2, 0) is 31.9 Å². The summed E-state index contributed by atoms with van der Waals surface area (Å²) in [7, 11) is 0. The highest BCUT2D eigenvalue weighted by Crippen LogP contribution is 2.36. The van der Waals surface area contributed by atoms with Crippen molar-refractivity contribution in [3.8, 4) is 0 Å². The third-order valence-electron chi connectivity index (χ3n) is 7.27. The van der Waals surface area contributed by atoms with Gasteiger partial charge in [-0.25, -0.2) is 0 Å². The number of rotatable bonds is 16. The van der Waals surface area contributed by atoms with Gasteiger partial charge < -0.3 is 14.6 Å². The molecule has 0 aliphatic heterocycles. The molecule has 4 unspecified atom stereocenters. The molecule has 0 saturated heterocycles. The maximum Gasteiger partial charge on any atom is 0.303 e. The summed E-state index contributed by atoms with van der Waals surface area (Å²) in [5.41, 5.74) is 2.57. The lowest BCUT2D eigenvalue weighted by atomic mass is 9.75. The Morgan fingerprint density at radius 3 is 2.41 bits per heavy atom. The quantitative estimate of drug-likeness (QED) is 0.148. The molecule has 0 amide bonds. The number of hydrogen-bond acceptors (Lipinski definition) is 5. The molecule has 1 aromatic carbocycles. The number of aryl methyl sites for hydroxylation is 1. The lowest BCUT2D eigenvalue weighted by molar-refractivity contribution is -0.151. The summed E-state index contributed by atoms with van der Waals surface area (Å²) in [5, 5.41) is 9.16. The van der Waals surface area contributed by atoms with Crippen LogP contribution < -0.4 is 0 Å². The number of esters is 2. The van der Waals surface area contributed by atoms with E-state index in [2.05, 4.69) is 43.3 Å². The van der Waals surface area contributed by atoms with Crippen LogP contribution in [0.1, 0.15) is 96.1 Å². The first kappa shape index (κ1) is 30.8. The molecule has 1 aromatic rings. The lowest BCUT2D eigenvalue weighted by Gasteiger charge is -2.35. The van der Waals surface area contributed by atoms with Gasteiger partial charge in [0.2, 0.25) is 0 Å². The average molecular weight is 513 g/mol. The zero-order valence-corrected chi connectivity index (χ0v) is 23.2. The number of carbonyl (C=O) groups is 2. The Bertz CT molecular complexity index is 858. The smallest absolute Gasteiger partial charge is 0.303 e. The molecule has 4 atom stereocenters. The van der Waals surface area contributed by atoms with Crippen molar-refractivity contribution >= 4 is 11.9 Å². The van der Waals surface area contributed by atoms with Crippen LogP contribution in [0.3, 0.4) is 0 Å². The summed E-state index contributed by atoms with van der Waals surface area (Å²) in [6, 6.07) is 8.46. The van der Waals surface area contributed by atoms with Crippen LogP contribution in [0.2, 0.25) is 0 Å². The molecule has 0 spiro atoms. The van der Waals surface area contributed by atoms with E-state index in [1.165, 1.54) is 50.7 Å². The number of benzene rings is 1. The summed E-state index contributed by atoms with van der Waals surface area (Å²) < 4.78 is 11.4. The standard InChI is InChI=1S/C32H48O5/c1-4-5-6-15-27-16-7-8-19-29(27)24-30(36-25(2)34)20-11-9-17-28-18-10-12-21-31(28)32(37-26(3)35)22-13-14-23-33/h7-9,11,16-17,19-20,28,30-33H,4-6,10,12-15,18,21-24H2,1-3H3/b17-9+,20-11+. The minimum absolute atomic E-state index is 0.110. The van der Waals surface area contributed by atoms with E-state index in [1.807, 2.05) is 12.2 Å². The zero-order chi connectivity index (χ0) is 26.9. The van der Waals surface area contributed by atoms with E-state index in [0.717, 1.165) is 44.9 Å². The molecular formula is C32H48O5. The van der Waals surface area contributed by atoms with Crippen LogP contribution in [0.25, 0.3) is 0 Å². The number of allylic oxidation sites excluding steroid dienone is 3. The van der Waals surface area contributed by atoms with Gasteiger partial charge in [-0.05, 0) is 68.1 Å². The van der Waals surface area contributed by atoms with E-state index < -0.39 is 0 Å². The monoisotopic (exact) mass is 512 g/mol. The molecule has 1 aliphatic carbocycles. The highest BCUT2D eigenvalue weighted by Gasteiger charge is 2.32. The Labute approximate surface area is 224 Å². The summed E-state index contributed by atoms with van der Waals surface area (Å²) >= 11 is 0. The Morgan fingerprint density at radius 2 is 1.70 bits per heavy atom. The first-order chi connectivity index (χ1) is 17.9. The van der Waals surface area contributed by atoms with Gasteiger partial charge in [-0.2, -0.15) is 0 Å². The van der Waals surface area contributed by atoms with Gasteiger partial charge >= 0.3 is 11.9 Å². The summed E-state index contributed by atoms with van der Waals surface area (Å²) in [4.78, 5) is 23.6. The second-order valence-corrected chi connectivity index (χ2v) is 10.3. The van der Waals surface area contributed by atoms with E-state index in [-0.39, 0.29) is 30.8 Å². The van der Waals surface area contributed by atoms with Gasteiger partial charge in [0, 0.05) is 32.8 Å². The van der Waals surface area contributed by atoms with Gasteiger partial charge in [0.15, 0.2) is 0 Å². The molecule has 1 aliphatic rings.